The van der Waals surface area contributed by atoms with Gasteiger partial charge in [0.15, 0.2) is 0 Å². The van der Waals surface area contributed by atoms with Crippen molar-refractivity contribution in [3.63, 3.8) is 0 Å². The summed E-state index contributed by atoms with van der Waals surface area (Å²) < 4.78 is 10.9. The van der Waals surface area contributed by atoms with Gasteiger partial charge >= 0.3 is 12.1 Å². The van der Waals surface area contributed by atoms with Gasteiger partial charge in [0.25, 0.3) is 5.91 Å². The molecule has 3 amide bonds. The predicted octanol–water partition coefficient (Wildman–Crippen LogP) is 5.58. The van der Waals surface area contributed by atoms with Gasteiger partial charge in [0.05, 0.1) is 0 Å². The van der Waals surface area contributed by atoms with Gasteiger partial charge in [-0.1, -0.05) is 35.9 Å². The number of aromatic hydroxyl groups is 1. The fourth-order valence-corrected chi connectivity index (χ4v) is 4.92. The van der Waals surface area contributed by atoms with Crippen molar-refractivity contribution in [3.8, 4) is 11.5 Å². The highest BCUT2D eigenvalue weighted by molar-refractivity contribution is 6.30. The molecule has 1 fully saturated rings. The summed E-state index contributed by atoms with van der Waals surface area (Å²) in [7, 11) is 0. The number of phenolic OH excluding ortho intramolecular Hbond substituents is 1. The number of phenols is 1. The average Bonchev–Trinajstić information content (AvgIpc) is 2.97. The Morgan fingerprint density at radius 3 is 2.32 bits per heavy atom. The number of nitrogens with zero attached hydrogens (tertiary/aromatic N) is 1. The molecule has 0 radical (unpaired) electrons. The van der Waals surface area contributed by atoms with Gasteiger partial charge in [-0.2, -0.15) is 0 Å². The number of benzene rings is 3. The Morgan fingerprint density at radius 2 is 1.66 bits per heavy atom. The predicted molar refractivity (Wildman–Crippen MR) is 166 cm³/mol. The standard InChI is InChI=1S/C33H36ClN3O7/c1-33(2,3)44-32(42)36-28(18-21-10-12-26(38)13-11-21)31(41)43-27-9-4-6-23(19-27)30(40)37-16-14-22(15-17-37)29(39)35-25-8-5-7-24(34)20-25/h4-13,19-20,22,28,38H,14-18H2,1-3H3,(H,35,39)(H,36,42)/t28-/m1/s1. The maximum Gasteiger partial charge on any atom is 0.408 e. The molecule has 3 N–H and O–H groups in total. The topological polar surface area (TPSA) is 134 Å². The minimum Gasteiger partial charge on any atom is -0.508 e. The smallest absolute Gasteiger partial charge is 0.408 e. The molecule has 3 aromatic rings. The van der Waals surface area contributed by atoms with E-state index in [1.54, 1.807) is 80.3 Å². The zero-order valence-electron chi connectivity index (χ0n) is 24.8. The molecule has 1 aliphatic rings. The molecule has 4 rings (SSSR count). The van der Waals surface area contributed by atoms with Gasteiger partial charge in [0.2, 0.25) is 5.91 Å². The van der Waals surface area contributed by atoms with Crippen molar-refractivity contribution in [2.75, 3.05) is 18.4 Å². The summed E-state index contributed by atoms with van der Waals surface area (Å²) in [5.74, 6) is -1.15. The molecule has 0 aromatic heterocycles. The van der Waals surface area contributed by atoms with E-state index >= 15 is 0 Å². The largest absolute Gasteiger partial charge is 0.508 e. The lowest BCUT2D eigenvalue weighted by molar-refractivity contribution is -0.136. The summed E-state index contributed by atoms with van der Waals surface area (Å²) in [6, 6.07) is 18.3. The highest BCUT2D eigenvalue weighted by Gasteiger charge is 2.29. The third kappa shape index (κ3) is 9.47. The van der Waals surface area contributed by atoms with Gasteiger partial charge < -0.3 is 30.1 Å². The molecule has 0 bridgehead atoms. The lowest BCUT2D eigenvalue weighted by Crippen LogP contribution is -2.46. The number of amides is 3. The highest BCUT2D eigenvalue weighted by Crippen LogP contribution is 2.24. The Kier molecular flexibility index (Phi) is 10.5. The molecule has 3 aromatic carbocycles. The van der Waals surface area contributed by atoms with Crippen molar-refractivity contribution in [1.82, 2.24) is 10.2 Å². The number of hydrogen-bond acceptors (Lipinski definition) is 7. The van der Waals surface area contributed by atoms with Crippen LogP contribution in [-0.4, -0.2) is 58.6 Å². The Balaban J connectivity index is 1.38. The molecule has 0 saturated carbocycles. The van der Waals surface area contributed by atoms with Crippen molar-refractivity contribution < 1.29 is 33.8 Å². The second-order valence-corrected chi connectivity index (χ2v) is 12.0. The van der Waals surface area contributed by atoms with Crippen LogP contribution < -0.4 is 15.4 Å². The first-order valence-corrected chi connectivity index (χ1v) is 14.7. The summed E-state index contributed by atoms with van der Waals surface area (Å²) in [5.41, 5.74) is 0.848. The molecule has 11 heteroatoms. The number of alkyl carbamates (subject to hydrolysis) is 1. The first-order valence-electron chi connectivity index (χ1n) is 14.3. The summed E-state index contributed by atoms with van der Waals surface area (Å²) in [5, 5.41) is 15.6. The molecule has 232 valence electrons. The number of ether oxygens (including phenoxy) is 2. The average molecular weight is 622 g/mol. The van der Waals surface area contributed by atoms with E-state index in [1.165, 1.54) is 18.2 Å². The van der Waals surface area contributed by atoms with E-state index in [2.05, 4.69) is 10.6 Å². The monoisotopic (exact) mass is 621 g/mol. The molecular formula is C33H36ClN3O7. The maximum absolute atomic E-state index is 13.3. The quantitative estimate of drug-likeness (QED) is 0.221. The number of halogens is 1. The van der Waals surface area contributed by atoms with Crippen molar-refractivity contribution in [1.29, 1.82) is 0 Å². The van der Waals surface area contributed by atoms with Crippen LogP contribution in [0.2, 0.25) is 5.02 Å². The van der Waals surface area contributed by atoms with Crippen LogP contribution in [0.15, 0.2) is 72.8 Å². The second kappa shape index (κ2) is 14.3. The van der Waals surface area contributed by atoms with E-state index in [-0.39, 0.29) is 35.7 Å². The molecule has 0 spiro atoms. The van der Waals surface area contributed by atoms with Crippen LogP contribution in [0.25, 0.3) is 0 Å². The number of anilines is 1. The fraction of sp³-hybridized carbons (Fsp3) is 0.333. The minimum absolute atomic E-state index is 0.0690. The lowest BCUT2D eigenvalue weighted by atomic mass is 9.95. The Bertz CT molecular complexity index is 1500. The third-order valence-corrected chi connectivity index (χ3v) is 7.13. The SMILES string of the molecule is CC(C)(C)OC(=O)N[C@H](Cc1ccc(O)cc1)C(=O)Oc1cccc(C(=O)N2CCC(C(=O)Nc3cccc(Cl)c3)CC2)c1. The maximum atomic E-state index is 13.3. The van der Waals surface area contributed by atoms with Gasteiger partial charge in [-0.15, -0.1) is 0 Å². The second-order valence-electron chi connectivity index (χ2n) is 11.6. The summed E-state index contributed by atoms with van der Waals surface area (Å²) >= 11 is 6.01. The molecule has 10 nitrogen and oxygen atoms in total. The van der Waals surface area contributed by atoms with Crippen molar-refractivity contribution in [3.05, 3.63) is 88.9 Å². The van der Waals surface area contributed by atoms with E-state index in [0.717, 1.165) is 0 Å². The Hall–Kier alpha value is -4.57. The van der Waals surface area contributed by atoms with Crippen LogP contribution in [0.4, 0.5) is 10.5 Å². The number of esters is 1. The molecule has 0 unspecified atom stereocenters. The minimum atomic E-state index is -1.11. The molecule has 1 saturated heterocycles. The zero-order chi connectivity index (χ0) is 31.9. The van der Waals surface area contributed by atoms with Gasteiger partial charge in [0, 0.05) is 41.7 Å². The van der Waals surface area contributed by atoms with Crippen LogP contribution in [-0.2, 0) is 20.7 Å². The van der Waals surface area contributed by atoms with Crippen LogP contribution >= 0.6 is 11.6 Å². The molecule has 1 aliphatic heterocycles. The van der Waals surface area contributed by atoms with Crippen molar-refractivity contribution >= 4 is 41.2 Å². The van der Waals surface area contributed by atoms with Gasteiger partial charge in [-0.05, 0) is 87.7 Å². The fourth-order valence-electron chi connectivity index (χ4n) is 4.73. The first-order chi connectivity index (χ1) is 20.9. The molecule has 1 atom stereocenters. The number of piperidine rings is 1. The van der Waals surface area contributed by atoms with E-state index in [9.17, 15) is 24.3 Å². The molecule has 44 heavy (non-hydrogen) atoms. The first kappa shape index (κ1) is 32.3. The van der Waals surface area contributed by atoms with Crippen LogP contribution in [0.5, 0.6) is 11.5 Å². The Morgan fingerprint density at radius 1 is 0.977 bits per heavy atom. The highest BCUT2D eigenvalue weighted by atomic mass is 35.5. The van der Waals surface area contributed by atoms with E-state index < -0.39 is 23.7 Å². The van der Waals surface area contributed by atoms with Gasteiger partial charge in [-0.25, -0.2) is 9.59 Å². The van der Waals surface area contributed by atoms with Crippen LogP contribution in [0, 0.1) is 5.92 Å². The van der Waals surface area contributed by atoms with Gasteiger partial charge in [0.1, 0.15) is 23.1 Å². The van der Waals surface area contributed by atoms with Crippen LogP contribution in [0.3, 0.4) is 0 Å². The normalized spacial score (nSPS) is 14.3. The molecular weight excluding hydrogens is 586 g/mol. The molecule has 0 aliphatic carbocycles. The van der Waals surface area contributed by atoms with Crippen molar-refractivity contribution in [2.24, 2.45) is 5.92 Å². The summed E-state index contributed by atoms with van der Waals surface area (Å²) in [4.78, 5) is 53.4. The number of carbonyl (C=O) groups is 4. The number of rotatable bonds is 8. The third-order valence-electron chi connectivity index (χ3n) is 6.90. The van der Waals surface area contributed by atoms with E-state index in [1.807, 2.05) is 0 Å². The lowest BCUT2D eigenvalue weighted by Gasteiger charge is -2.31. The number of nitrogens with one attached hydrogen (secondary N) is 2. The molecule has 1 heterocycles. The van der Waals surface area contributed by atoms with E-state index in [4.69, 9.17) is 21.1 Å². The number of carbonyl (C=O) groups excluding carboxylic acids is 4. The van der Waals surface area contributed by atoms with E-state index in [0.29, 0.717) is 47.8 Å². The summed E-state index contributed by atoms with van der Waals surface area (Å²) in [6.45, 7) is 5.91. The Labute approximate surface area is 261 Å². The summed E-state index contributed by atoms with van der Waals surface area (Å²) in [6.07, 6.45) is 0.299. The van der Waals surface area contributed by atoms with Gasteiger partial charge in [-0.3, -0.25) is 9.59 Å². The zero-order valence-corrected chi connectivity index (χ0v) is 25.6. The number of hydrogen-bond donors (Lipinski definition) is 3. The number of likely N-dealkylation sites (tertiary alicyclic amines) is 1. The van der Waals surface area contributed by atoms with Crippen LogP contribution in [0.1, 0.15) is 49.5 Å². The van der Waals surface area contributed by atoms with Crippen molar-refractivity contribution in [2.45, 2.75) is 51.7 Å².